The Hall–Kier alpha value is -2.26. The Balaban J connectivity index is 2.73. The van der Waals surface area contributed by atoms with E-state index in [1.54, 1.807) is 24.3 Å². The van der Waals surface area contributed by atoms with Crippen LogP contribution in [0.5, 0.6) is 34.5 Å². The minimum atomic E-state index is -4.36. The van der Waals surface area contributed by atoms with Crippen LogP contribution in [0.3, 0.4) is 0 Å². The van der Waals surface area contributed by atoms with Gasteiger partial charge in [0, 0.05) is 0 Å². The first kappa shape index (κ1) is 42.9. The second-order valence-electron chi connectivity index (χ2n) is 11.9. The molecule has 0 saturated carbocycles. The monoisotopic (exact) mass is 906 g/mol. The Kier molecular flexibility index (Phi) is 19.1. The second kappa shape index (κ2) is 21.8. The van der Waals surface area contributed by atoms with Crippen LogP contribution in [0, 0.1) is 0 Å². The fourth-order valence-corrected chi connectivity index (χ4v) is 46.8. The molecule has 0 atom stereocenters. The maximum absolute atomic E-state index is 14.2. The molecule has 0 radical (unpaired) electrons. The third-order valence-corrected chi connectivity index (χ3v) is 40.7. The number of unbranched alkanes of at least 4 members (excludes halogenated alkanes) is 4. The summed E-state index contributed by atoms with van der Waals surface area (Å²) in [6, 6.07) is 6.43. The zero-order valence-corrected chi connectivity index (χ0v) is 37.0. The molecule has 11 nitrogen and oxygen atoms in total. The zero-order valence-electron chi connectivity index (χ0n) is 31.3. The van der Waals surface area contributed by atoms with Gasteiger partial charge in [-0.25, -0.2) is 0 Å². The van der Waals surface area contributed by atoms with Crippen LogP contribution in [0.1, 0.15) is 99.8 Å². The van der Waals surface area contributed by atoms with E-state index in [1.165, 1.54) is 42.7 Å². The molecular weight excluding hydrogens is 846 g/mol. The second-order valence-corrected chi connectivity index (χ2v) is 33.7. The normalized spacial score (nSPS) is 11.5. The van der Waals surface area contributed by atoms with Crippen molar-refractivity contribution in [1.82, 2.24) is 0 Å². The molecule has 0 aliphatic rings. The summed E-state index contributed by atoms with van der Waals surface area (Å²) >= 11 is -8.73. The molecule has 0 heterocycles. The number of rotatable bonds is 24. The van der Waals surface area contributed by atoms with Gasteiger partial charge in [0.15, 0.2) is 0 Å². The fourth-order valence-electron chi connectivity index (χ4n) is 5.68. The first-order chi connectivity index (χ1) is 23.6. The summed E-state index contributed by atoms with van der Waals surface area (Å²) in [5.41, 5.74) is 0.564. The zero-order chi connectivity index (χ0) is 36.5. The van der Waals surface area contributed by atoms with Gasteiger partial charge in [-0.05, 0) is 0 Å². The Morgan fingerprint density at radius 3 is 0.939 bits per heavy atom. The molecule has 49 heavy (non-hydrogen) atoms. The molecule has 2 aromatic rings. The van der Waals surface area contributed by atoms with E-state index in [9.17, 15) is 9.59 Å². The van der Waals surface area contributed by atoms with E-state index in [2.05, 4.69) is 27.7 Å². The van der Waals surface area contributed by atoms with Crippen LogP contribution in [-0.2, 0) is 7.56 Å². The van der Waals surface area contributed by atoms with E-state index in [1.807, 2.05) is 0 Å². The predicted octanol–water partition coefficient (Wildman–Crippen LogP) is 8.85. The van der Waals surface area contributed by atoms with E-state index in [4.69, 9.17) is 36.0 Å². The Bertz CT molecular complexity index is 1170. The first-order valence-electron chi connectivity index (χ1n) is 17.4. The summed E-state index contributed by atoms with van der Waals surface area (Å²) in [5, 5.41) is 0. The molecule has 0 aliphatic heterocycles. The quantitative estimate of drug-likeness (QED) is 0.0941. The van der Waals surface area contributed by atoms with Gasteiger partial charge in [0.2, 0.25) is 0 Å². The number of methoxy groups -OCH3 is 6. The molecule has 0 bridgehead atoms. The van der Waals surface area contributed by atoms with Crippen molar-refractivity contribution in [3.63, 3.8) is 0 Å². The van der Waals surface area contributed by atoms with Gasteiger partial charge in [0.05, 0.1) is 0 Å². The topological polar surface area (TPSA) is 117 Å². The molecule has 0 fully saturated rings. The summed E-state index contributed by atoms with van der Waals surface area (Å²) in [7, 11) is 9.06. The summed E-state index contributed by atoms with van der Waals surface area (Å²) in [5.74, 6) is 1.21. The number of hydrogen-bond donors (Lipinski definition) is 0. The van der Waals surface area contributed by atoms with Crippen LogP contribution in [0.15, 0.2) is 24.3 Å². The maximum atomic E-state index is 14.2. The van der Waals surface area contributed by atoms with Crippen molar-refractivity contribution in [1.29, 1.82) is 0 Å². The van der Waals surface area contributed by atoms with Gasteiger partial charge in [0.25, 0.3) is 0 Å². The van der Waals surface area contributed by atoms with Crippen molar-refractivity contribution in [2.75, 3.05) is 42.7 Å². The Morgan fingerprint density at radius 1 is 0.469 bits per heavy atom. The van der Waals surface area contributed by atoms with E-state index < -0.39 is 50.3 Å². The van der Waals surface area contributed by atoms with Crippen molar-refractivity contribution < 1.29 is 45.6 Å². The van der Waals surface area contributed by atoms with Gasteiger partial charge < -0.3 is 0 Å². The van der Waals surface area contributed by atoms with Crippen molar-refractivity contribution in [2.45, 2.75) is 96.8 Å². The van der Waals surface area contributed by atoms with Crippen LogP contribution in [-0.4, -0.2) is 93.0 Å². The Morgan fingerprint density at radius 2 is 0.735 bits per heavy atom. The van der Waals surface area contributed by atoms with Gasteiger partial charge in [0.1, 0.15) is 0 Å². The van der Waals surface area contributed by atoms with Crippen molar-refractivity contribution >= 4 is 50.3 Å². The van der Waals surface area contributed by atoms with Crippen molar-refractivity contribution in [3.05, 3.63) is 35.4 Å². The van der Waals surface area contributed by atoms with Crippen LogP contribution in [0.2, 0.25) is 17.7 Å². The van der Waals surface area contributed by atoms with E-state index >= 15 is 0 Å². The van der Waals surface area contributed by atoms with E-state index in [-0.39, 0.29) is 11.1 Å². The standard InChI is InChI=1S/2C10H12O5.4C4H9.O.2Sn/c2*1-13-7-4-6(10(11)12)5-8(14-2)9(7)15-3;4*1-3-4-2;;;/h2*4-5H,1-3H3,(H,11,12);4*1,3-4H2,2H3;;;/q;;;;;;;2*+1/p-2. The number of benzene rings is 2. The van der Waals surface area contributed by atoms with Crippen LogP contribution in [0.25, 0.3) is 0 Å². The Labute approximate surface area is 303 Å². The molecule has 2 aromatic carbocycles. The third kappa shape index (κ3) is 11.9. The summed E-state index contributed by atoms with van der Waals surface area (Å²) in [4.78, 5) is 28.3. The summed E-state index contributed by atoms with van der Waals surface area (Å²) in [6.07, 6.45) is 7.00. The molecule has 0 spiro atoms. The minimum absolute atomic E-state index is 0.282. The SMILES string of the molecule is CCC[CH2][Sn]([CH2]CCC)([O]C(=O)c1cc(OC)c(OC)c(OC)c1)[O][Sn]([CH2]CCC)([CH2]CCC)[O]C(=O)c1cc(OC)c(OC)c(OC)c1. The first-order valence-corrected chi connectivity index (χ1v) is 30.1. The molecule has 0 aromatic heterocycles. The van der Waals surface area contributed by atoms with Gasteiger partial charge >= 0.3 is 305 Å². The fraction of sp³-hybridized carbons (Fsp3) is 0.611. The molecule has 276 valence electrons. The van der Waals surface area contributed by atoms with Gasteiger partial charge in [-0.2, -0.15) is 0 Å². The number of hydrogen-bond acceptors (Lipinski definition) is 11. The average molecular weight is 904 g/mol. The van der Waals surface area contributed by atoms with Gasteiger partial charge in [-0.3, -0.25) is 0 Å². The molecule has 0 amide bonds. The van der Waals surface area contributed by atoms with Crippen LogP contribution >= 0.6 is 0 Å². The van der Waals surface area contributed by atoms with Gasteiger partial charge in [-0.1, -0.05) is 0 Å². The average Bonchev–Trinajstić information content (AvgIpc) is 3.12. The molecule has 0 N–H and O–H groups in total. The number of carbonyl (C=O) groups excluding carboxylic acids is 2. The predicted molar refractivity (Wildman–Crippen MR) is 194 cm³/mol. The summed E-state index contributed by atoms with van der Waals surface area (Å²) in [6.45, 7) is 8.47. The molecule has 0 saturated heterocycles. The number of ether oxygens (including phenoxy) is 6. The molecule has 0 aliphatic carbocycles. The number of carbonyl (C=O) groups is 2. The molecule has 13 heteroatoms. The van der Waals surface area contributed by atoms with Crippen LogP contribution < -0.4 is 28.4 Å². The summed E-state index contributed by atoms with van der Waals surface area (Å²) < 4.78 is 56.7. The van der Waals surface area contributed by atoms with Crippen molar-refractivity contribution in [2.24, 2.45) is 0 Å². The third-order valence-electron chi connectivity index (χ3n) is 8.38. The molecule has 2 rings (SSSR count). The van der Waals surface area contributed by atoms with Crippen LogP contribution in [0.4, 0.5) is 0 Å². The van der Waals surface area contributed by atoms with Crippen molar-refractivity contribution in [3.8, 4) is 34.5 Å². The molecular formula is C36H58O11Sn2. The van der Waals surface area contributed by atoms with Gasteiger partial charge in [-0.15, -0.1) is 0 Å². The van der Waals surface area contributed by atoms with E-state index in [0.717, 1.165) is 51.4 Å². The van der Waals surface area contributed by atoms with E-state index in [0.29, 0.717) is 52.2 Å². The molecule has 0 unspecified atom stereocenters.